The number of hydrogen-bond donors (Lipinski definition) is 0. The van der Waals surface area contributed by atoms with E-state index in [-0.39, 0.29) is 11.7 Å². The van der Waals surface area contributed by atoms with Gasteiger partial charge < -0.3 is 9.15 Å². The first-order valence-electron chi connectivity index (χ1n) is 7.44. The fourth-order valence-corrected chi connectivity index (χ4v) is 3.01. The molecule has 0 saturated carbocycles. The summed E-state index contributed by atoms with van der Waals surface area (Å²) in [7, 11) is 1.59. The minimum Gasteiger partial charge on any atom is -0.459 e. The summed E-state index contributed by atoms with van der Waals surface area (Å²) < 4.78 is 10.3. The van der Waals surface area contributed by atoms with Crippen molar-refractivity contribution in [2.24, 2.45) is 0 Å². The molecule has 2 heterocycles. The van der Waals surface area contributed by atoms with Crippen LogP contribution >= 0.6 is 11.3 Å². The molecule has 2 aromatic heterocycles. The molecule has 3 aromatic rings. The van der Waals surface area contributed by atoms with Crippen LogP contribution in [0.3, 0.4) is 0 Å². The number of ether oxygens (including phenoxy) is 1. The van der Waals surface area contributed by atoms with Gasteiger partial charge in [0.25, 0.3) is 5.91 Å². The number of aryl methyl sites for hydroxylation is 1. The molecule has 3 rings (SSSR count). The van der Waals surface area contributed by atoms with Crippen LogP contribution in [0.2, 0.25) is 0 Å². The maximum atomic E-state index is 12.6. The molecule has 0 aliphatic heterocycles. The molecule has 0 saturated heterocycles. The van der Waals surface area contributed by atoms with Gasteiger partial charge in [-0.15, -0.1) is 10.2 Å². The molecule has 0 N–H and O–H groups in total. The minimum absolute atomic E-state index is 0.261. The smallest absolute Gasteiger partial charge is 0.295 e. The van der Waals surface area contributed by atoms with Crippen molar-refractivity contribution in [3.05, 3.63) is 54.0 Å². The fraction of sp³-hybridized carbons (Fsp3) is 0.235. The van der Waals surface area contributed by atoms with Crippen molar-refractivity contribution in [1.29, 1.82) is 0 Å². The van der Waals surface area contributed by atoms with Gasteiger partial charge >= 0.3 is 0 Å². The molecule has 0 aliphatic carbocycles. The molecular weight excluding hydrogens is 326 g/mol. The molecule has 0 radical (unpaired) electrons. The first-order valence-corrected chi connectivity index (χ1v) is 8.25. The number of methoxy groups -OCH3 is 1. The van der Waals surface area contributed by atoms with E-state index < -0.39 is 0 Å². The summed E-state index contributed by atoms with van der Waals surface area (Å²) in [4.78, 5) is 14.1. The summed E-state index contributed by atoms with van der Waals surface area (Å²) in [6.45, 7) is 2.80. The van der Waals surface area contributed by atoms with Crippen molar-refractivity contribution in [2.75, 3.05) is 25.2 Å². The van der Waals surface area contributed by atoms with Crippen LogP contribution in [0.5, 0.6) is 0 Å². The molecule has 1 aromatic carbocycles. The van der Waals surface area contributed by atoms with Gasteiger partial charge in [0.15, 0.2) is 5.76 Å². The number of carbonyl (C=O) groups excluding carboxylic acids is 1. The zero-order valence-electron chi connectivity index (χ0n) is 13.4. The van der Waals surface area contributed by atoms with Crippen molar-refractivity contribution in [3.8, 4) is 10.6 Å². The van der Waals surface area contributed by atoms with Crippen LogP contribution in [0.4, 0.5) is 5.13 Å². The Labute approximate surface area is 143 Å². The van der Waals surface area contributed by atoms with E-state index in [1.807, 2.05) is 31.2 Å². The lowest BCUT2D eigenvalue weighted by Gasteiger charge is -2.17. The Morgan fingerprint density at radius 1 is 1.25 bits per heavy atom. The van der Waals surface area contributed by atoms with Crippen molar-refractivity contribution >= 4 is 22.4 Å². The number of aromatic nitrogens is 2. The molecule has 0 fully saturated rings. The Hall–Kier alpha value is -2.51. The summed E-state index contributed by atoms with van der Waals surface area (Å²) in [6, 6.07) is 11.3. The quantitative estimate of drug-likeness (QED) is 0.686. The van der Waals surface area contributed by atoms with Crippen LogP contribution in [0, 0.1) is 6.92 Å². The highest BCUT2D eigenvalue weighted by Gasteiger charge is 2.23. The average Bonchev–Trinajstić information content (AvgIpc) is 3.28. The third-order valence-corrected chi connectivity index (χ3v) is 4.44. The predicted octanol–water partition coefficient (Wildman–Crippen LogP) is 3.40. The van der Waals surface area contributed by atoms with Crippen molar-refractivity contribution in [3.63, 3.8) is 0 Å². The van der Waals surface area contributed by atoms with Gasteiger partial charge in [-0.2, -0.15) is 0 Å². The summed E-state index contributed by atoms with van der Waals surface area (Å²) in [5.74, 6) is 0.00171. The standard InChI is InChI=1S/C17H17N3O3S/c1-12-5-7-13(8-6-12)15-18-19-17(24-15)20(9-11-22-2)16(21)14-4-3-10-23-14/h3-8,10H,9,11H2,1-2H3. The average molecular weight is 343 g/mol. The lowest BCUT2D eigenvalue weighted by molar-refractivity contribution is 0.0949. The second-order valence-corrected chi connectivity index (χ2v) is 6.14. The van der Waals surface area contributed by atoms with Gasteiger partial charge in [-0.1, -0.05) is 41.2 Å². The number of rotatable bonds is 6. The van der Waals surface area contributed by atoms with Gasteiger partial charge in [0, 0.05) is 12.7 Å². The molecule has 1 amide bonds. The summed E-state index contributed by atoms with van der Waals surface area (Å²) >= 11 is 1.36. The first-order chi connectivity index (χ1) is 11.7. The van der Waals surface area contributed by atoms with E-state index in [0.717, 1.165) is 10.6 Å². The highest BCUT2D eigenvalue weighted by molar-refractivity contribution is 7.18. The number of furan rings is 1. The molecule has 7 heteroatoms. The molecular formula is C17H17N3O3S. The molecule has 0 aliphatic rings. The van der Waals surface area contributed by atoms with Crippen LogP contribution < -0.4 is 4.90 Å². The first kappa shape index (κ1) is 16.4. The number of carbonyl (C=O) groups is 1. The van der Waals surface area contributed by atoms with Crippen LogP contribution in [0.15, 0.2) is 47.1 Å². The van der Waals surface area contributed by atoms with Gasteiger partial charge in [0.1, 0.15) is 5.01 Å². The van der Waals surface area contributed by atoms with Gasteiger partial charge in [-0.25, -0.2) is 0 Å². The SMILES string of the molecule is COCCN(C(=O)c1ccco1)c1nnc(-c2ccc(C)cc2)s1. The summed E-state index contributed by atoms with van der Waals surface area (Å²) in [5.41, 5.74) is 2.15. The highest BCUT2D eigenvalue weighted by Crippen LogP contribution is 2.29. The van der Waals surface area contributed by atoms with Crippen LogP contribution in [0.1, 0.15) is 16.1 Å². The maximum absolute atomic E-state index is 12.6. The largest absolute Gasteiger partial charge is 0.459 e. The Balaban J connectivity index is 1.88. The van der Waals surface area contributed by atoms with E-state index in [2.05, 4.69) is 10.2 Å². The van der Waals surface area contributed by atoms with Crippen LogP contribution in [0.25, 0.3) is 10.6 Å². The van der Waals surface area contributed by atoms with Gasteiger partial charge in [-0.3, -0.25) is 9.69 Å². The third kappa shape index (κ3) is 3.52. The molecule has 24 heavy (non-hydrogen) atoms. The molecule has 0 unspecified atom stereocenters. The molecule has 0 bridgehead atoms. The molecule has 0 atom stereocenters. The zero-order chi connectivity index (χ0) is 16.9. The Kier molecular flexibility index (Phi) is 5.02. The van der Waals surface area contributed by atoms with E-state index >= 15 is 0 Å². The number of hydrogen-bond acceptors (Lipinski definition) is 6. The molecule has 6 nitrogen and oxygen atoms in total. The minimum atomic E-state index is -0.261. The predicted molar refractivity (Wildman–Crippen MR) is 92.3 cm³/mol. The van der Waals surface area contributed by atoms with E-state index in [4.69, 9.17) is 9.15 Å². The van der Waals surface area contributed by atoms with Crippen LogP contribution in [-0.4, -0.2) is 36.4 Å². The number of benzene rings is 1. The fourth-order valence-electron chi connectivity index (χ4n) is 2.14. The normalized spacial score (nSPS) is 10.8. The van der Waals surface area contributed by atoms with Crippen LogP contribution in [-0.2, 0) is 4.74 Å². The van der Waals surface area contributed by atoms with E-state index in [1.165, 1.54) is 28.1 Å². The second kappa shape index (κ2) is 7.37. The number of amides is 1. The monoisotopic (exact) mass is 343 g/mol. The highest BCUT2D eigenvalue weighted by atomic mass is 32.1. The van der Waals surface area contributed by atoms with Gasteiger partial charge in [0.05, 0.1) is 19.4 Å². The lowest BCUT2D eigenvalue weighted by atomic mass is 10.2. The van der Waals surface area contributed by atoms with Gasteiger partial charge in [0.2, 0.25) is 5.13 Å². The number of anilines is 1. The second-order valence-electron chi connectivity index (χ2n) is 5.18. The van der Waals surface area contributed by atoms with Crippen molar-refractivity contribution in [1.82, 2.24) is 10.2 Å². The molecule has 124 valence electrons. The van der Waals surface area contributed by atoms with Gasteiger partial charge in [-0.05, 0) is 19.1 Å². The van der Waals surface area contributed by atoms with E-state index in [1.54, 1.807) is 19.2 Å². The van der Waals surface area contributed by atoms with E-state index in [9.17, 15) is 4.79 Å². The van der Waals surface area contributed by atoms with E-state index in [0.29, 0.717) is 18.3 Å². The zero-order valence-corrected chi connectivity index (χ0v) is 14.2. The Bertz CT molecular complexity index is 797. The van der Waals surface area contributed by atoms with Crippen molar-refractivity contribution in [2.45, 2.75) is 6.92 Å². The lowest BCUT2D eigenvalue weighted by Crippen LogP contribution is -2.33. The Morgan fingerprint density at radius 2 is 2.04 bits per heavy atom. The molecule has 0 spiro atoms. The summed E-state index contributed by atoms with van der Waals surface area (Å²) in [6.07, 6.45) is 1.47. The summed E-state index contributed by atoms with van der Waals surface area (Å²) in [5, 5.41) is 9.67. The topological polar surface area (TPSA) is 68.5 Å². The maximum Gasteiger partial charge on any atom is 0.295 e. The number of nitrogens with zero attached hydrogens (tertiary/aromatic N) is 3. The Morgan fingerprint density at radius 3 is 2.71 bits per heavy atom. The third-order valence-electron chi connectivity index (χ3n) is 3.44. The van der Waals surface area contributed by atoms with Crippen molar-refractivity contribution < 1.29 is 13.9 Å².